The van der Waals surface area contributed by atoms with Crippen LogP contribution in [0.1, 0.15) is 19.4 Å². The summed E-state index contributed by atoms with van der Waals surface area (Å²) < 4.78 is 13.3. The van der Waals surface area contributed by atoms with Gasteiger partial charge in [0.2, 0.25) is 0 Å². The molecule has 2 atom stereocenters. The molecule has 108 valence electrons. The maximum Gasteiger partial charge on any atom is 0.123 e. The van der Waals surface area contributed by atoms with Gasteiger partial charge < -0.3 is 5.73 Å². The summed E-state index contributed by atoms with van der Waals surface area (Å²) in [5.74, 6) is 0.881. The van der Waals surface area contributed by atoms with E-state index in [1.54, 1.807) is 12.1 Å². The number of nitrogens with zero attached hydrogens (tertiary/aromatic N) is 1. The van der Waals surface area contributed by atoms with E-state index in [0.29, 0.717) is 12.6 Å². The zero-order valence-electron chi connectivity index (χ0n) is 12.3. The number of thioether (sulfide) groups is 1. The summed E-state index contributed by atoms with van der Waals surface area (Å²) in [7, 11) is 2.10. The molecule has 0 spiro atoms. The Kier molecular flexibility index (Phi) is 6.30. The third-order valence-corrected chi connectivity index (χ3v) is 4.65. The second-order valence-electron chi connectivity index (χ2n) is 5.42. The molecule has 1 rings (SSSR count). The fourth-order valence-electron chi connectivity index (χ4n) is 2.31. The van der Waals surface area contributed by atoms with Gasteiger partial charge in [0, 0.05) is 23.9 Å². The van der Waals surface area contributed by atoms with Gasteiger partial charge in [-0.2, -0.15) is 11.8 Å². The molecule has 0 bridgehead atoms. The summed E-state index contributed by atoms with van der Waals surface area (Å²) in [5.41, 5.74) is 6.83. The van der Waals surface area contributed by atoms with Crippen LogP contribution in [0.15, 0.2) is 24.3 Å². The Labute approximate surface area is 120 Å². The van der Waals surface area contributed by atoms with Crippen molar-refractivity contribution in [1.29, 1.82) is 0 Å². The standard InChI is InChI=1S/C15H25FN2S/c1-12(10-19-4)18(3)15(2,11-17)9-13-6-5-7-14(16)8-13/h5-8,12H,9-11,17H2,1-4H3. The van der Waals surface area contributed by atoms with Crippen LogP contribution in [0.25, 0.3) is 0 Å². The van der Waals surface area contributed by atoms with E-state index in [1.807, 2.05) is 17.8 Å². The van der Waals surface area contributed by atoms with Gasteiger partial charge in [0.05, 0.1) is 0 Å². The van der Waals surface area contributed by atoms with Gasteiger partial charge in [-0.1, -0.05) is 12.1 Å². The van der Waals surface area contributed by atoms with Crippen LogP contribution in [0.2, 0.25) is 0 Å². The number of likely N-dealkylation sites (N-methyl/N-ethyl adjacent to an activating group) is 1. The highest BCUT2D eigenvalue weighted by Gasteiger charge is 2.31. The van der Waals surface area contributed by atoms with E-state index in [9.17, 15) is 4.39 Å². The molecule has 2 nitrogen and oxygen atoms in total. The third kappa shape index (κ3) is 4.48. The van der Waals surface area contributed by atoms with Crippen molar-refractivity contribution in [2.45, 2.75) is 31.8 Å². The second-order valence-corrected chi connectivity index (χ2v) is 6.33. The first-order chi connectivity index (χ1) is 8.92. The van der Waals surface area contributed by atoms with Gasteiger partial charge >= 0.3 is 0 Å². The van der Waals surface area contributed by atoms with E-state index in [4.69, 9.17) is 5.73 Å². The first-order valence-corrected chi connectivity index (χ1v) is 7.98. The van der Waals surface area contributed by atoms with Crippen molar-refractivity contribution in [1.82, 2.24) is 4.90 Å². The summed E-state index contributed by atoms with van der Waals surface area (Å²) in [4.78, 5) is 2.31. The lowest BCUT2D eigenvalue weighted by Crippen LogP contribution is -2.55. The fourth-order valence-corrected chi connectivity index (χ4v) is 3.02. The highest BCUT2D eigenvalue weighted by molar-refractivity contribution is 7.98. The average Bonchev–Trinajstić information content (AvgIpc) is 2.38. The van der Waals surface area contributed by atoms with Crippen molar-refractivity contribution in [3.63, 3.8) is 0 Å². The van der Waals surface area contributed by atoms with Crippen LogP contribution < -0.4 is 5.73 Å². The Morgan fingerprint density at radius 3 is 2.68 bits per heavy atom. The molecule has 0 radical (unpaired) electrons. The monoisotopic (exact) mass is 284 g/mol. The summed E-state index contributed by atoms with van der Waals surface area (Å²) >= 11 is 1.83. The van der Waals surface area contributed by atoms with Gasteiger partial charge in [-0.25, -0.2) is 4.39 Å². The lowest BCUT2D eigenvalue weighted by Gasteiger charge is -2.42. The molecule has 2 unspecified atom stereocenters. The zero-order chi connectivity index (χ0) is 14.5. The lowest BCUT2D eigenvalue weighted by molar-refractivity contribution is 0.111. The maximum absolute atomic E-state index is 13.3. The summed E-state index contributed by atoms with van der Waals surface area (Å²) in [5, 5.41) is 0. The molecule has 1 aromatic rings. The molecule has 0 aliphatic rings. The summed E-state index contributed by atoms with van der Waals surface area (Å²) in [6, 6.07) is 7.23. The maximum atomic E-state index is 13.3. The molecule has 0 aliphatic carbocycles. The Hall–Kier alpha value is -0.580. The van der Waals surface area contributed by atoms with Crippen molar-refractivity contribution >= 4 is 11.8 Å². The number of rotatable bonds is 7. The lowest BCUT2D eigenvalue weighted by atomic mass is 9.90. The largest absolute Gasteiger partial charge is 0.329 e. The second kappa shape index (κ2) is 7.27. The van der Waals surface area contributed by atoms with E-state index in [0.717, 1.165) is 17.7 Å². The number of hydrogen-bond donors (Lipinski definition) is 1. The molecule has 0 heterocycles. The van der Waals surface area contributed by atoms with E-state index in [1.165, 1.54) is 6.07 Å². The van der Waals surface area contributed by atoms with Crippen LogP contribution in [0, 0.1) is 5.82 Å². The minimum Gasteiger partial charge on any atom is -0.329 e. The van der Waals surface area contributed by atoms with E-state index >= 15 is 0 Å². The molecule has 19 heavy (non-hydrogen) atoms. The molecule has 1 aromatic carbocycles. The first-order valence-electron chi connectivity index (χ1n) is 6.59. The molecule has 0 amide bonds. The van der Waals surface area contributed by atoms with E-state index in [-0.39, 0.29) is 11.4 Å². The zero-order valence-corrected chi connectivity index (χ0v) is 13.1. The summed E-state index contributed by atoms with van der Waals surface area (Å²) in [6.45, 7) is 4.91. The molecule has 0 aromatic heterocycles. The predicted octanol–water partition coefficient (Wildman–Crippen LogP) is 2.77. The number of benzene rings is 1. The molecule has 2 N–H and O–H groups in total. The van der Waals surface area contributed by atoms with Gasteiger partial charge in [0.25, 0.3) is 0 Å². The van der Waals surface area contributed by atoms with Crippen molar-refractivity contribution in [2.75, 3.05) is 25.6 Å². The SMILES string of the molecule is CSCC(C)N(C)C(C)(CN)Cc1cccc(F)c1. The smallest absolute Gasteiger partial charge is 0.123 e. The molecule has 0 aliphatic heterocycles. The van der Waals surface area contributed by atoms with Crippen LogP contribution in [0.4, 0.5) is 4.39 Å². The minimum atomic E-state index is -0.184. The van der Waals surface area contributed by atoms with E-state index in [2.05, 4.69) is 32.1 Å². The van der Waals surface area contributed by atoms with Gasteiger partial charge in [-0.05, 0) is 51.3 Å². The third-order valence-electron chi connectivity index (χ3n) is 3.83. The molecule has 4 heteroatoms. The van der Waals surface area contributed by atoms with Gasteiger partial charge in [0.1, 0.15) is 5.82 Å². The van der Waals surface area contributed by atoms with Crippen LogP contribution in [-0.4, -0.2) is 42.1 Å². The van der Waals surface area contributed by atoms with Crippen LogP contribution in [0.5, 0.6) is 0 Å². The van der Waals surface area contributed by atoms with Crippen molar-refractivity contribution in [2.24, 2.45) is 5.73 Å². The molecule has 0 fully saturated rings. The Morgan fingerprint density at radius 2 is 2.16 bits per heavy atom. The number of halogens is 1. The van der Waals surface area contributed by atoms with E-state index < -0.39 is 0 Å². The molecule has 0 saturated carbocycles. The predicted molar refractivity (Wildman–Crippen MR) is 83.2 cm³/mol. The van der Waals surface area contributed by atoms with Crippen molar-refractivity contribution in [3.05, 3.63) is 35.6 Å². The molecular formula is C15H25FN2S. The fraction of sp³-hybridized carbons (Fsp3) is 0.600. The minimum absolute atomic E-state index is 0.150. The first kappa shape index (κ1) is 16.5. The quantitative estimate of drug-likeness (QED) is 0.835. The van der Waals surface area contributed by atoms with Crippen molar-refractivity contribution in [3.8, 4) is 0 Å². The summed E-state index contributed by atoms with van der Waals surface area (Å²) in [6.07, 6.45) is 2.87. The Balaban J connectivity index is 2.85. The Bertz CT molecular complexity index is 399. The highest BCUT2D eigenvalue weighted by Crippen LogP contribution is 2.22. The van der Waals surface area contributed by atoms with Crippen LogP contribution in [0.3, 0.4) is 0 Å². The highest BCUT2D eigenvalue weighted by atomic mass is 32.2. The van der Waals surface area contributed by atoms with Gasteiger partial charge in [-0.15, -0.1) is 0 Å². The van der Waals surface area contributed by atoms with Crippen LogP contribution >= 0.6 is 11.8 Å². The number of hydrogen-bond acceptors (Lipinski definition) is 3. The van der Waals surface area contributed by atoms with Crippen LogP contribution in [-0.2, 0) is 6.42 Å². The average molecular weight is 284 g/mol. The number of nitrogens with two attached hydrogens (primary N) is 1. The topological polar surface area (TPSA) is 29.3 Å². The van der Waals surface area contributed by atoms with Gasteiger partial charge in [0.15, 0.2) is 0 Å². The molecule has 0 saturated heterocycles. The Morgan fingerprint density at radius 1 is 1.47 bits per heavy atom. The molecular weight excluding hydrogens is 259 g/mol. The van der Waals surface area contributed by atoms with Crippen molar-refractivity contribution < 1.29 is 4.39 Å². The normalized spacial score (nSPS) is 16.4. The van der Waals surface area contributed by atoms with Gasteiger partial charge in [-0.3, -0.25) is 4.90 Å².